The molecule has 1 atom stereocenters. The van der Waals surface area contributed by atoms with Gasteiger partial charge in [-0.3, -0.25) is 9.59 Å². The first-order valence-electron chi connectivity index (χ1n) is 8.57. The molecule has 7 nitrogen and oxygen atoms in total. The van der Waals surface area contributed by atoms with E-state index < -0.39 is 5.92 Å². The van der Waals surface area contributed by atoms with Crippen LogP contribution >= 0.6 is 0 Å². The van der Waals surface area contributed by atoms with Gasteiger partial charge in [0.25, 0.3) is 0 Å². The third-order valence-electron chi connectivity index (χ3n) is 4.52. The van der Waals surface area contributed by atoms with Gasteiger partial charge in [0.05, 0.1) is 19.6 Å². The molecule has 7 heteroatoms. The predicted molar refractivity (Wildman–Crippen MR) is 96.0 cm³/mol. The fourth-order valence-electron chi connectivity index (χ4n) is 3.05. The number of amides is 2. The Morgan fingerprint density at radius 3 is 2.85 bits per heavy atom. The summed E-state index contributed by atoms with van der Waals surface area (Å²) >= 11 is 0. The van der Waals surface area contributed by atoms with Gasteiger partial charge in [-0.25, -0.2) is 0 Å². The molecule has 2 amide bonds. The lowest BCUT2D eigenvalue weighted by Crippen LogP contribution is -2.36. The smallest absolute Gasteiger partial charge is 0.230 e. The topological polar surface area (TPSA) is 84.7 Å². The zero-order chi connectivity index (χ0) is 18.8. The van der Waals surface area contributed by atoms with Crippen molar-refractivity contribution in [3.63, 3.8) is 0 Å². The van der Waals surface area contributed by atoms with E-state index in [-0.39, 0.29) is 24.2 Å². The molecule has 1 N–H and O–H groups in total. The number of carbonyl (C=O) groups is 2. The molecular weight excluding hydrogens is 334 g/mol. The van der Waals surface area contributed by atoms with Crippen molar-refractivity contribution >= 4 is 17.5 Å². The minimum atomic E-state index is -0.546. The highest BCUT2D eigenvalue weighted by atomic mass is 16.5. The van der Waals surface area contributed by atoms with Gasteiger partial charge in [0.1, 0.15) is 17.2 Å². The number of likely N-dealkylation sites (N-methyl/N-ethyl adjacent to an activating group) is 1. The molecule has 138 valence electrons. The Morgan fingerprint density at radius 2 is 2.19 bits per heavy atom. The zero-order valence-electron chi connectivity index (χ0n) is 15.4. The van der Waals surface area contributed by atoms with E-state index in [0.717, 1.165) is 11.3 Å². The van der Waals surface area contributed by atoms with E-state index in [1.807, 2.05) is 19.9 Å². The number of rotatable bonds is 5. The van der Waals surface area contributed by atoms with E-state index in [2.05, 4.69) is 10.5 Å². The van der Waals surface area contributed by atoms with E-state index in [9.17, 15) is 9.59 Å². The molecule has 1 aromatic heterocycles. The number of hydrogen-bond acceptors (Lipinski definition) is 5. The molecule has 3 rings (SSSR count). The van der Waals surface area contributed by atoms with Gasteiger partial charge in [0.2, 0.25) is 11.8 Å². The van der Waals surface area contributed by atoms with Crippen LogP contribution in [0.2, 0.25) is 0 Å². The molecule has 0 saturated carbocycles. The lowest BCUT2D eigenvalue weighted by atomic mass is 9.89. The van der Waals surface area contributed by atoms with Crippen LogP contribution < -0.4 is 10.1 Å². The van der Waals surface area contributed by atoms with E-state index in [0.29, 0.717) is 23.7 Å². The van der Waals surface area contributed by atoms with Gasteiger partial charge in [-0.2, -0.15) is 0 Å². The van der Waals surface area contributed by atoms with Crippen LogP contribution in [0.15, 0.2) is 28.8 Å². The molecule has 2 aromatic rings. The number of ether oxygens (including phenoxy) is 1. The molecule has 0 spiro atoms. The van der Waals surface area contributed by atoms with Gasteiger partial charge in [-0.05, 0) is 23.8 Å². The van der Waals surface area contributed by atoms with Gasteiger partial charge in [0.15, 0.2) is 0 Å². The Labute approximate surface area is 152 Å². The fraction of sp³-hybridized carbons (Fsp3) is 0.421. The maximum atomic E-state index is 13.0. The highest BCUT2D eigenvalue weighted by Gasteiger charge is 2.33. The largest absolute Gasteiger partial charge is 0.497 e. The standard InChI is InChI=1S/C19H23N3O4/c1-11(2)17-7-12(21-26-17)10-22(3)19(24)15-9-18(23)20-16-6-5-13(25-4)8-14(15)16/h5-8,11,15H,9-10H2,1-4H3,(H,20,23)/t15-/m1/s1. The molecule has 26 heavy (non-hydrogen) atoms. The number of carbonyl (C=O) groups excluding carboxylic acids is 2. The SMILES string of the molecule is COc1ccc2c(c1)[C@H](C(=O)N(C)Cc1cc(C(C)C)on1)CC(=O)N2. The van der Waals surface area contributed by atoms with Crippen LogP contribution in [0.5, 0.6) is 5.75 Å². The summed E-state index contributed by atoms with van der Waals surface area (Å²) < 4.78 is 10.5. The number of methoxy groups -OCH3 is 1. The van der Waals surface area contributed by atoms with Crippen molar-refractivity contribution in [2.45, 2.75) is 38.6 Å². The number of benzene rings is 1. The summed E-state index contributed by atoms with van der Waals surface area (Å²) in [5.41, 5.74) is 2.11. The van der Waals surface area contributed by atoms with Crippen molar-refractivity contribution in [1.82, 2.24) is 10.1 Å². The van der Waals surface area contributed by atoms with Crippen molar-refractivity contribution < 1.29 is 18.8 Å². The maximum Gasteiger partial charge on any atom is 0.230 e. The average Bonchev–Trinajstić information content (AvgIpc) is 3.08. The lowest BCUT2D eigenvalue weighted by Gasteiger charge is -2.28. The summed E-state index contributed by atoms with van der Waals surface area (Å²) in [6, 6.07) is 7.19. The van der Waals surface area contributed by atoms with Crippen molar-refractivity contribution in [2.24, 2.45) is 0 Å². The number of fused-ring (bicyclic) bond motifs is 1. The van der Waals surface area contributed by atoms with Gasteiger partial charge >= 0.3 is 0 Å². The Morgan fingerprint density at radius 1 is 1.42 bits per heavy atom. The predicted octanol–water partition coefficient (Wildman–Crippen LogP) is 2.89. The molecule has 0 saturated heterocycles. The quantitative estimate of drug-likeness (QED) is 0.889. The summed E-state index contributed by atoms with van der Waals surface area (Å²) in [5.74, 6) is 0.821. The van der Waals surface area contributed by atoms with Crippen LogP contribution in [-0.2, 0) is 16.1 Å². The summed E-state index contributed by atoms with van der Waals surface area (Å²) in [4.78, 5) is 26.6. The van der Waals surface area contributed by atoms with Gasteiger partial charge in [0, 0.05) is 31.1 Å². The van der Waals surface area contributed by atoms with E-state index >= 15 is 0 Å². The summed E-state index contributed by atoms with van der Waals surface area (Å²) in [6.45, 7) is 4.36. The van der Waals surface area contributed by atoms with Gasteiger partial charge < -0.3 is 19.5 Å². The summed E-state index contributed by atoms with van der Waals surface area (Å²) in [5, 5.41) is 6.83. The fourth-order valence-corrected chi connectivity index (χ4v) is 3.05. The first kappa shape index (κ1) is 18.0. The molecular formula is C19H23N3O4. The minimum Gasteiger partial charge on any atom is -0.497 e. The van der Waals surface area contributed by atoms with Gasteiger partial charge in [-0.1, -0.05) is 19.0 Å². The summed E-state index contributed by atoms with van der Waals surface area (Å²) in [6.07, 6.45) is 0.111. The second-order valence-electron chi connectivity index (χ2n) is 6.83. The van der Waals surface area contributed by atoms with Crippen LogP contribution in [-0.4, -0.2) is 36.0 Å². The zero-order valence-corrected chi connectivity index (χ0v) is 15.4. The number of aromatic nitrogens is 1. The second-order valence-corrected chi connectivity index (χ2v) is 6.83. The van der Waals surface area contributed by atoms with Crippen molar-refractivity contribution in [3.05, 3.63) is 41.3 Å². The average molecular weight is 357 g/mol. The highest BCUT2D eigenvalue weighted by molar-refractivity contribution is 6.01. The van der Waals surface area contributed by atoms with Crippen molar-refractivity contribution in [1.29, 1.82) is 0 Å². The van der Waals surface area contributed by atoms with Crippen molar-refractivity contribution in [2.75, 3.05) is 19.5 Å². The number of anilines is 1. The molecule has 2 heterocycles. The summed E-state index contributed by atoms with van der Waals surface area (Å²) in [7, 11) is 3.28. The third-order valence-corrected chi connectivity index (χ3v) is 4.52. The van der Waals surface area contributed by atoms with Crippen LogP contribution in [0, 0.1) is 0 Å². The second kappa shape index (κ2) is 7.19. The van der Waals surface area contributed by atoms with Crippen molar-refractivity contribution in [3.8, 4) is 5.75 Å². The third kappa shape index (κ3) is 3.56. The molecule has 1 aromatic carbocycles. The first-order valence-corrected chi connectivity index (χ1v) is 8.57. The molecule has 0 fully saturated rings. The highest BCUT2D eigenvalue weighted by Crippen LogP contribution is 2.36. The Hall–Kier alpha value is -2.83. The van der Waals surface area contributed by atoms with Crippen LogP contribution in [0.25, 0.3) is 0 Å². The Bertz CT molecular complexity index is 828. The normalized spacial score (nSPS) is 16.2. The number of nitrogens with zero attached hydrogens (tertiary/aromatic N) is 2. The minimum absolute atomic E-state index is 0.111. The van der Waals surface area contributed by atoms with Gasteiger partial charge in [-0.15, -0.1) is 0 Å². The maximum absolute atomic E-state index is 13.0. The molecule has 0 radical (unpaired) electrons. The Balaban J connectivity index is 1.81. The molecule has 0 aliphatic carbocycles. The molecule has 1 aliphatic rings. The van der Waals surface area contributed by atoms with E-state index in [1.165, 1.54) is 0 Å². The van der Waals surface area contributed by atoms with Crippen LogP contribution in [0.1, 0.15) is 49.1 Å². The number of hydrogen-bond donors (Lipinski definition) is 1. The van der Waals surface area contributed by atoms with Crippen LogP contribution in [0.3, 0.4) is 0 Å². The number of nitrogens with one attached hydrogen (secondary N) is 1. The Kier molecular flexibility index (Phi) is 4.97. The van der Waals surface area contributed by atoms with E-state index in [4.69, 9.17) is 9.26 Å². The lowest BCUT2D eigenvalue weighted by molar-refractivity contribution is -0.134. The monoisotopic (exact) mass is 357 g/mol. The molecule has 0 bridgehead atoms. The molecule has 0 unspecified atom stereocenters. The molecule has 1 aliphatic heterocycles. The van der Waals surface area contributed by atoms with Crippen LogP contribution in [0.4, 0.5) is 5.69 Å². The van der Waals surface area contributed by atoms with E-state index in [1.54, 1.807) is 37.3 Å². The first-order chi connectivity index (χ1) is 12.4.